The lowest BCUT2D eigenvalue weighted by molar-refractivity contribution is 0.324. The largest absolute Gasteiger partial charge is 0.362 e. The minimum atomic E-state index is 0.447. The van der Waals surface area contributed by atoms with Gasteiger partial charge in [-0.25, -0.2) is 4.98 Å². The van der Waals surface area contributed by atoms with Gasteiger partial charge in [0.2, 0.25) is 5.95 Å². The molecule has 0 atom stereocenters. The number of nitrogens with zero attached hydrogens (tertiary/aromatic N) is 3. The van der Waals surface area contributed by atoms with Crippen molar-refractivity contribution in [1.29, 1.82) is 0 Å². The molecule has 4 aromatic rings. The van der Waals surface area contributed by atoms with Gasteiger partial charge in [0.15, 0.2) is 0 Å². The van der Waals surface area contributed by atoms with Crippen molar-refractivity contribution in [2.24, 2.45) is 5.92 Å². The Labute approximate surface area is 203 Å². The van der Waals surface area contributed by atoms with Crippen LogP contribution in [0, 0.1) is 5.92 Å². The molecule has 0 spiro atoms. The molecule has 3 heterocycles. The Bertz CT molecular complexity index is 1180. The number of hydrogen-bond acceptors (Lipinski definition) is 7. The molecule has 0 unspecified atom stereocenters. The number of nitrogens with one attached hydrogen (secondary N) is 2. The quantitative estimate of drug-likeness (QED) is 0.314. The summed E-state index contributed by atoms with van der Waals surface area (Å²) in [6, 6.07) is 17.5. The minimum absolute atomic E-state index is 0.447. The van der Waals surface area contributed by atoms with Crippen LogP contribution >= 0.6 is 22.7 Å². The van der Waals surface area contributed by atoms with E-state index in [-0.39, 0.29) is 0 Å². The van der Waals surface area contributed by atoms with Crippen LogP contribution in [0.25, 0.3) is 20.7 Å². The Hall–Kier alpha value is -2.48. The van der Waals surface area contributed by atoms with Crippen molar-refractivity contribution in [2.45, 2.75) is 38.3 Å². The average Bonchev–Trinajstić information content (AvgIpc) is 3.52. The van der Waals surface area contributed by atoms with E-state index in [4.69, 9.17) is 9.97 Å². The molecule has 1 aromatic carbocycles. The maximum Gasteiger partial charge on any atom is 0.225 e. The van der Waals surface area contributed by atoms with E-state index in [1.54, 1.807) is 0 Å². The van der Waals surface area contributed by atoms with Gasteiger partial charge in [-0.15, -0.1) is 22.7 Å². The van der Waals surface area contributed by atoms with E-state index < -0.39 is 0 Å². The molecule has 5 rings (SSSR count). The van der Waals surface area contributed by atoms with Crippen LogP contribution in [0.2, 0.25) is 0 Å². The Morgan fingerprint density at radius 3 is 2.58 bits per heavy atom. The molecule has 33 heavy (non-hydrogen) atoms. The number of thiophene rings is 2. The summed E-state index contributed by atoms with van der Waals surface area (Å²) in [5, 5.41) is 10.6. The van der Waals surface area contributed by atoms with E-state index >= 15 is 0 Å². The number of anilines is 2. The lowest BCUT2D eigenvalue weighted by atomic mass is 9.86. The molecule has 7 heteroatoms. The predicted octanol–water partition coefficient (Wildman–Crippen LogP) is 6.25. The zero-order valence-electron chi connectivity index (χ0n) is 19.3. The molecule has 172 valence electrons. The Morgan fingerprint density at radius 1 is 0.939 bits per heavy atom. The highest BCUT2D eigenvalue weighted by Gasteiger charge is 2.22. The summed E-state index contributed by atoms with van der Waals surface area (Å²) in [5.41, 5.74) is 0.993. The first-order valence-electron chi connectivity index (χ1n) is 11.7. The van der Waals surface area contributed by atoms with Crippen LogP contribution in [0.4, 0.5) is 11.8 Å². The molecular formula is C26H31N5S2. The molecule has 1 saturated carbocycles. The molecule has 1 fully saturated rings. The van der Waals surface area contributed by atoms with Gasteiger partial charge in [0.05, 0.1) is 5.52 Å². The number of fused-ring (bicyclic) bond motifs is 1. The predicted molar refractivity (Wildman–Crippen MR) is 143 cm³/mol. The van der Waals surface area contributed by atoms with Crippen molar-refractivity contribution in [2.75, 3.05) is 30.9 Å². The van der Waals surface area contributed by atoms with E-state index in [0.29, 0.717) is 6.04 Å². The molecule has 0 radical (unpaired) electrons. The van der Waals surface area contributed by atoms with Crippen molar-refractivity contribution in [3.8, 4) is 9.75 Å². The highest BCUT2D eigenvalue weighted by Crippen LogP contribution is 2.32. The first kappa shape index (κ1) is 22.3. The fourth-order valence-electron chi connectivity index (χ4n) is 4.58. The van der Waals surface area contributed by atoms with Crippen molar-refractivity contribution in [1.82, 2.24) is 15.3 Å². The normalized spacial score (nSPS) is 18.5. The standard InChI is InChI=1S/C26H31N5S2/c1-31(2)25-21-6-3-4-7-22(21)29-26(30-25)28-19-11-9-18(10-12-19)16-27-17-20-13-14-24(33-20)23-8-5-15-32-23/h3-8,13-15,18-19,27H,9-12,16-17H2,1-2H3,(H,28,29,30). The summed E-state index contributed by atoms with van der Waals surface area (Å²) in [5.74, 6) is 2.46. The van der Waals surface area contributed by atoms with Crippen LogP contribution in [0.3, 0.4) is 0 Å². The van der Waals surface area contributed by atoms with Gasteiger partial charge >= 0.3 is 0 Å². The first-order chi connectivity index (χ1) is 16.2. The summed E-state index contributed by atoms with van der Waals surface area (Å²) >= 11 is 3.72. The maximum atomic E-state index is 4.81. The van der Waals surface area contributed by atoms with E-state index in [9.17, 15) is 0 Å². The Morgan fingerprint density at radius 2 is 1.79 bits per heavy atom. The van der Waals surface area contributed by atoms with Gasteiger partial charge in [-0.3, -0.25) is 0 Å². The summed E-state index contributed by atoms with van der Waals surface area (Å²) in [6.45, 7) is 2.06. The van der Waals surface area contributed by atoms with E-state index in [1.165, 1.54) is 40.3 Å². The topological polar surface area (TPSA) is 53.1 Å². The third kappa shape index (κ3) is 5.37. The molecule has 0 amide bonds. The van der Waals surface area contributed by atoms with Crippen molar-refractivity contribution >= 4 is 45.3 Å². The Kier molecular flexibility index (Phi) is 6.90. The molecule has 1 aliphatic carbocycles. The fourth-order valence-corrected chi connectivity index (χ4v) is 6.39. The molecule has 2 N–H and O–H groups in total. The zero-order valence-corrected chi connectivity index (χ0v) is 20.9. The number of hydrogen-bond donors (Lipinski definition) is 2. The van der Waals surface area contributed by atoms with Crippen molar-refractivity contribution in [3.63, 3.8) is 0 Å². The molecule has 3 aromatic heterocycles. The molecule has 5 nitrogen and oxygen atoms in total. The van der Waals surface area contributed by atoms with Crippen LogP contribution in [-0.4, -0.2) is 36.6 Å². The van der Waals surface area contributed by atoms with Gasteiger partial charge in [0, 0.05) is 46.7 Å². The van der Waals surface area contributed by atoms with Crippen LogP contribution in [-0.2, 0) is 6.54 Å². The van der Waals surface area contributed by atoms with E-state index in [1.807, 2.05) is 48.9 Å². The number of aromatic nitrogens is 2. The summed E-state index contributed by atoms with van der Waals surface area (Å²) < 4.78 is 0. The van der Waals surface area contributed by atoms with Crippen LogP contribution in [0.5, 0.6) is 0 Å². The van der Waals surface area contributed by atoms with Gasteiger partial charge in [0.1, 0.15) is 5.82 Å². The SMILES string of the molecule is CN(C)c1nc(NC2CCC(CNCc3ccc(-c4cccs4)s3)CC2)nc2ccccc12. The molecule has 1 aliphatic rings. The minimum Gasteiger partial charge on any atom is -0.362 e. The van der Waals surface area contributed by atoms with Gasteiger partial charge in [-0.1, -0.05) is 18.2 Å². The lowest BCUT2D eigenvalue weighted by Gasteiger charge is -2.29. The van der Waals surface area contributed by atoms with Gasteiger partial charge in [-0.2, -0.15) is 4.98 Å². The third-order valence-electron chi connectivity index (χ3n) is 6.34. The molecule has 0 bridgehead atoms. The Balaban J connectivity index is 1.11. The van der Waals surface area contributed by atoms with E-state index in [2.05, 4.69) is 57.3 Å². The van der Waals surface area contributed by atoms with Crippen LogP contribution in [0.1, 0.15) is 30.6 Å². The second kappa shape index (κ2) is 10.2. The summed E-state index contributed by atoms with van der Waals surface area (Å²) in [7, 11) is 4.08. The van der Waals surface area contributed by atoms with Crippen LogP contribution < -0.4 is 15.5 Å². The molecule has 0 saturated heterocycles. The zero-order chi connectivity index (χ0) is 22.6. The second-order valence-electron chi connectivity index (χ2n) is 9.02. The summed E-state index contributed by atoms with van der Waals surface area (Å²) in [4.78, 5) is 15.8. The van der Waals surface area contributed by atoms with Gasteiger partial charge in [-0.05, 0) is 73.9 Å². The van der Waals surface area contributed by atoms with Crippen molar-refractivity contribution < 1.29 is 0 Å². The highest BCUT2D eigenvalue weighted by atomic mass is 32.1. The number of benzene rings is 1. The van der Waals surface area contributed by atoms with Gasteiger partial charge in [0.25, 0.3) is 0 Å². The molecule has 0 aliphatic heterocycles. The van der Waals surface area contributed by atoms with Crippen molar-refractivity contribution in [3.05, 3.63) is 58.8 Å². The van der Waals surface area contributed by atoms with E-state index in [0.717, 1.165) is 41.7 Å². The maximum absolute atomic E-state index is 4.81. The fraction of sp³-hybridized carbons (Fsp3) is 0.385. The smallest absolute Gasteiger partial charge is 0.225 e. The van der Waals surface area contributed by atoms with Crippen LogP contribution in [0.15, 0.2) is 53.9 Å². The highest BCUT2D eigenvalue weighted by molar-refractivity contribution is 7.21. The lowest BCUT2D eigenvalue weighted by Crippen LogP contribution is -2.31. The average molecular weight is 478 g/mol. The first-order valence-corrected chi connectivity index (χ1v) is 13.4. The summed E-state index contributed by atoms with van der Waals surface area (Å²) in [6.07, 6.45) is 4.82. The second-order valence-corrected chi connectivity index (χ2v) is 11.1. The number of rotatable bonds is 8. The monoisotopic (exact) mass is 477 g/mol. The number of para-hydroxylation sites is 1. The molecular weight excluding hydrogens is 446 g/mol. The van der Waals surface area contributed by atoms with Gasteiger partial charge < -0.3 is 15.5 Å². The third-order valence-corrected chi connectivity index (χ3v) is 8.50.